The third kappa shape index (κ3) is 2.81. The van der Waals surface area contributed by atoms with Crippen LogP contribution in [0.1, 0.15) is 32.1 Å². The number of carboxylic acid groups (broad SMARTS) is 1. The summed E-state index contributed by atoms with van der Waals surface area (Å²) in [5.41, 5.74) is -0.360. The van der Waals surface area contributed by atoms with Gasteiger partial charge in [-0.25, -0.2) is 4.39 Å². The largest absolute Gasteiger partial charge is 0.481 e. The van der Waals surface area contributed by atoms with E-state index in [2.05, 4.69) is 0 Å². The monoisotopic (exact) mass is 279 g/mol. The highest BCUT2D eigenvalue weighted by Gasteiger charge is 2.43. The predicted molar refractivity (Wildman–Crippen MR) is 73.0 cm³/mol. The van der Waals surface area contributed by atoms with Crippen molar-refractivity contribution >= 4 is 17.6 Å². The smallest absolute Gasteiger partial charge is 0.310 e. The van der Waals surface area contributed by atoms with Gasteiger partial charge in [-0.05, 0) is 37.1 Å². The van der Waals surface area contributed by atoms with Gasteiger partial charge in [0.25, 0.3) is 0 Å². The highest BCUT2D eigenvalue weighted by molar-refractivity contribution is 5.96. The van der Waals surface area contributed by atoms with Crippen molar-refractivity contribution in [2.24, 2.45) is 5.41 Å². The fourth-order valence-electron chi connectivity index (χ4n) is 2.73. The number of carbonyl (C=O) groups excluding carboxylic acids is 1. The number of hydrogen-bond donors (Lipinski definition) is 1. The van der Waals surface area contributed by atoms with Gasteiger partial charge >= 0.3 is 5.97 Å². The van der Waals surface area contributed by atoms with Gasteiger partial charge in [0, 0.05) is 19.2 Å². The number of halogens is 1. The highest BCUT2D eigenvalue weighted by atomic mass is 19.1. The zero-order valence-electron chi connectivity index (χ0n) is 11.4. The van der Waals surface area contributed by atoms with Crippen LogP contribution in [0.25, 0.3) is 0 Å². The van der Waals surface area contributed by atoms with Crippen molar-refractivity contribution < 1.29 is 19.1 Å². The van der Waals surface area contributed by atoms with E-state index in [1.54, 1.807) is 7.05 Å². The van der Waals surface area contributed by atoms with Gasteiger partial charge in [-0.2, -0.15) is 0 Å². The van der Waals surface area contributed by atoms with Crippen molar-refractivity contribution in [1.82, 2.24) is 0 Å². The Labute approximate surface area is 117 Å². The van der Waals surface area contributed by atoms with Gasteiger partial charge in [-0.1, -0.05) is 12.8 Å². The molecule has 0 spiro atoms. The SMILES string of the molecule is CN(C(=O)CC1(C(=O)O)CCCC1)c1ccc(F)cc1. The van der Waals surface area contributed by atoms with Gasteiger partial charge in [0.15, 0.2) is 0 Å². The van der Waals surface area contributed by atoms with Crippen LogP contribution in [0.5, 0.6) is 0 Å². The summed E-state index contributed by atoms with van der Waals surface area (Å²) in [5, 5.41) is 9.38. The van der Waals surface area contributed by atoms with E-state index in [0.29, 0.717) is 18.5 Å². The first kappa shape index (κ1) is 14.5. The molecule has 0 aromatic heterocycles. The molecule has 108 valence electrons. The summed E-state index contributed by atoms with van der Waals surface area (Å²) in [5.74, 6) is -1.51. The minimum atomic E-state index is -0.925. The van der Waals surface area contributed by atoms with Crippen LogP contribution in [-0.2, 0) is 9.59 Å². The highest BCUT2D eigenvalue weighted by Crippen LogP contribution is 2.41. The Kier molecular flexibility index (Phi) is 4.06. The summed E-state index contributed by atoms with van der Waals surface area (Å²) < 4.78 is 12.9. The summed E-state index contributed by atoms with van der Waals surface area (Å²) in [6.45, 7) is 0. The molecule has 0 radical (unpaired) electrons. The van der Waals surface area contributed by atoms with Crippen LogP contribution in [0.2, 0.25) is 0 Å². The van der Waals surface area contributed by atoms with E-state index >= 15 is 0 Å². The molecule has 1 amide bonds. The second kappa shape index (κ2) is 5.61. The Morgan fingerprint density at radius 1 is 1.25 bits per heavy atom. The lowest BCUT2D eigenvalue weighted by molar-refractivity contribution is -0.151. The molecule has 20 heavy (non-hydrogen) atoms. The van der Waals surface area contributed by atoms with Crippen molar-refractivity contribution in [3.8, 4) is 0 Å². The van der Waals surface area contributed by atoms with E-state index in [-0.39, 0.29) is 18.1 Å². The zero-order valence-corrected chi connectivity index (χ0v) is 11.4. The number of amides is 1. The average molecular weight is 279 g/mol. The van der Waals surface area contributed by atoms with Crippen molar-refractivity contribution in [1.29, 1.82) is 0 Å². The number of carbonyl (C=O) groups is 2. The summed E-state index contributed by atoms with van der Waals surface area (Å²) >= 11 is 0. The molecule has 1 fully saturated rings. The predicted octanol–water partition coefficient (Wildman–Crippen LogP) is 2.82. The quantitative estimate of drug-likeness (QED) is 0.922. The second-order valence-corrected chi connectivity index (χ2v) is 5.40. The molecule has 1 saturated carbocycles. The van der Waals surface area contributed by atoms with Crippen molar-refractivity contribution in [3.63, 3.8) is 0 Å². The summed E-state index contributed by atoms with van der Waals surface area (Å²) in [6, 6.07) is 5.58. The molecule has 0 aliphatic heterocycles. The number of anilines is 1. The lowest BCUT2D eigenvalue weighted by Gasteiger charge is -2.26. The Morgan fingerprint density at radius 2 is 1.80 bits per heavy atom. The van der Waals surface area contributed by atoms with Crippen LogP contribution < -0.4 is 4.90 Å². The number of aliphatic carboxylic acids is 1. The molecule has 0 bridgehead atoms. The van der Waals surface area contributed by atoms with Crippen LogP contribution in [0, 0.1) is 11.2 Å². The van der Waals surface area contributed by atoms with Crippen LogP contribution in [0.4, 0.5) is 10.1 Å². The molecule has 1 aliphatic carbocycles. The Bertz CT molecular complexity index is 506. The molecule has 0 unspecified atom stereocenters. The van der Waals surface area contributed by atoms with Crippen LogP contribution in [0.3, 0.4) is 0 Å². The van der Waals surface area contributed by atoms with Crippen LogP contribution in [-0.4, -0.2) is 24.0 Å². The Morgan fingerprint density at radius 3 is 2.30 bits per heavy atom. The van der Waals surface area contributed by atoms with Crippen LogP contribution in [0.15, 0.2) is 24.3 Å². The van der Waals surface area contributed by atoms with Gasteiger partial charge in [0.05, 0.1) is 5.41 Å². The van der Waals surface area contributed by atoms with Crippen molar-refractivity contribution in [2.45, 2.75) is 32.1 Å². The maximum atomic E-state index is 12.9. The third-order valence-corrected chi connectivity index (χ3v) is 4.09. The van der Waals surface area contributed by atoms with Gasteiger partial charge in [-0.3, -0.25) is 9.59 Å². The van der Waals surface area contributed by atoms with Gasteiger partial charge < -0.3 is 10.0 Å². The maximum Gasteiger partial charge on any atom is 0.310 e. The first-order valence-corrected chi connectivity index (χ1v) is 6.70. The summed E-state index contributed by atoms with van der Waals surface area (Å²) in [4.78, 5) is 25.1. The number of nitrogens with zero attached hydrogens (tertiary/aromatic N) is 1. The zero-order chi connectivity index (χ0) is 14.8. The van der Waals surface area contributed by atoms with Gasteiger partial charge in [0.2, 0.25) is 5.91 Å². The van der Waals surface area contributed by atoms with E-state index in [9.17, 15) is 19.1 Å². The van der Waals surface area contributed by atoms with E-state index in [4.69, 9.17) is 0 Å². The lowest BCUT2D eigenvalue weighted by atomic mass is 9.82. The normalized spacial score (nSPS) is 16.9. The molecule has 1 aromatic rings. The summed E-state index contributed by atoms with van der Waals surface area (Å²) in [6.07, 6.45) is 2.78. The standard InChI is InChI=1S/C15H18FNO3/c1-17(12-6-4-11(16)5-7-12)13(18)10-15(14(19)20)8-2-3-9-15/h4-7H,2-3,8-10H2,1H3,(H,19,20). The first-order chi connectivity index (χ1) is 9.44. The molecule has 1 aromatic carbocycles. The lowest BCUT2D eigenvalue weighted by Crippen LogP contribution is -2.36. The molecule has 5 heteroatoms. The van der Waals surface area contributed by atoms with E-state index < -0.39 is 11.4 Å². The van der Waals surface area contributed by atoms with Crippen LogP contribution >= 0.6 is 0 Å². The van der Waals surface area contributed by atoms with Gasteiger partial charge in [-0.15, -0.1) is 0 Å². The first-order valence-electron chi connectivity index (χ1n) is 6.70. The minimum absolute atomic E-state index is 0.00376. The number of benzene rings is 1. The number of rotatable bonds is 4. The third-order valence-electron chi connectivity index (χ3n) is 4.09. The molecule has 0 saturated heterocycles. The second-order valence-electron chi connectivity index (χ2n) is 5.40. The summed E-state index contributed by atoms with van der Waals surface area (Å²) in [7, 11) is 1.58. The molecule has 1 N–H and O–H groups in total. The molecule has 0 heterocycles. The molecular weight excluding hydrogens is 261 g/mol. The minimum Gasteiger partial charge on any atom is -0.481 e. The van der Waals surface area contributed by atoms with E-state index in [1.807, 2.05) is 0 Å². The van der Waals surface area contributed by atoms with E-state index in [1.165, 1.54) is 29.2 Å². The molecule has 4 nitrogen and oxygen atoms in total. The van der Waals surface area contributed by atoms with Crippen molar-refractivity contribution in [2.75, 3.05) is 11.9 Å². The molecule has 2 rings (SSSR count). The molecule has 1 aliphatic rings. The fraction of sp³-hybridized carbons (Fsp3) is 0.467. The van der Waals surface area contributed by atoms with Gasteiger partial charge in [0.1, 0.15) is 5.82 Å². The average Bonchev–Trinajstić information content (AvgIpc) is 2.88. The molecule has 0 atom stereocenters. The number of hydrogen-bond acceptors (Lipinski definition) is 2. The fourth-order valence-corrected chi connectivity index (χ4v) is 2.73. The maximum absolute atomic E-state index is 12.9. The topological polar surface area (TPSA) is 57.6 Å². The molecular formula is C15H18FNO3. The van der Waals surface area contributed by atoms with E-state index in [0.717, 1.165) is 12.8 Å². The van der Waals surface area contributed by atoms with Crippen molar-refractivity contribution in [3.05, 3.63) is 30.1 Å². The number of carboxylic acids is 1. The Hall–Kier alpha value is -1.91. The Balaban J connectivity index is 2.11.